The molecule has 8 aromatic carbocycles. The van der Waals surface area contributed by atoms with Crippen LogP contribution in [0.3, 0.4) is 0 Å². The predicted molar refractivity (Wildman–Crippen MR) is 213 cm³/mol. The largest absolute Gasteiger partial charge is 0.436 e. The number of nitrogens with zero attached hydrogens (tertiary/aromatic N) is 3. The lowest BCUT2D eigenvalue weighted by Crippen LogP contribution is -2.09. The van der Waals surface area contributed by atoms with Crippen molar-refractivity contribution in [2.45, 2.75) is 6.18 Å². The first kappa shape index (κ1) is 32.5. The minimum Gasteiger partial charge on any atom is -0.436 e. The number of hydrogen-bond acceptors (Lipinski definition) is 5. The maximum atomic E-state index is 13.3. The first-order valence-corrected chi connectivity index (χ1v) is 17.7. The maximum Gasteiger partial charge on any atom is 0.416 e. The Morgan fingerprint density at radius 3 is 1.33 bits per heavy atom. The van der Waals surface area contributed by atoms with Gasteiger partial charge >= 0.3 is 6.18 Å². The van der Waals surface area contributed by atoms with Crippen LogP contribution in [-0.2, 0) is 6.18 Å². The molecule has 0 saturated carbocycles. The van der Waals surface area contributed by atoms with Gasteiger partial charge in [0.2, 0.25) is 11.8 Å². The van der Waals surface area contributed by atoms with Gasteiger partial charge < -0.3 is 13.7 Å². The molecule has 0 bridgehead atoms. The van der Waals surface area contributed by atoms with E-state index < -0.39 is 11.7 Å². The Balaban J connectivity index is 1.01. The molecule has 0 aliphatic carbocycles. The molecule has 0 aliphatic heterocycles. The molecular formula is C47H28F3N3O2. The van der Waals surface area contributed by atoms with Crippen molar-refractivity contribution in [3.05, 3.63) is 175 Å². The molecular weight excluding hydrogens is 696 g/mol. The molecule has 5 nitrogen and oxygen atoms in total. The van der Waals surface area contributed by atoms with Crippen LogP contribution in [0.5, 0.6) is 0 Å². The molecule has 2 heterocycles. The zero-order valence-electron chi connectivity index (χ0n) is 29.0. The Morgan fingerprint density at radius 1 is 0.400 bits per heavy atom. The third-order valence-corrected chi connectivity index (χ3v) is 9.92. The molecule has 10 rings (SSSR count). The quantitative estimate of drug-likeness (QED) is 0.171. The van der Waals surface area contributed by atoms with Crippen LogP contribution in [0.2, 0.25) is 0 Å². The van der Waals surface area contributed by atoms with E-state index in [1.165, 1.54) is 12.1 Å². The maximum absolute atomic E-state index is 13.3. The first-order valence-electron chi connectivity index (χ1n) is 17.7. The lowest BCUT2D eigenvalue weighted by atomic mass is 9.97. The van der Waals surface area contributed by atoms with Gasteiger partial charge in [-0.2, -0.15) is 13.2 Å². The number of benzene rings is 8. The Kier molecular flexibility index (Phi) is 7.52. The summed E-state index contributed by atoms with van der Waals surface area (Å²) in [6, 6.07) is 53.7. The topological polar surface area (TPSA) is 55.3 Å². The minimum atomic E-state index is -4.38. The molecule has 8 heteroatoms. The summed E-state index contributed by atoms with van der Waals surface area (Å²) >= 11 is 0. The van der Waals surface area contributed by atoms with Gasteiger partial charge in [-0.25, -0.2) is 9.97 Å². The van der Waals surface area contributed by atoms with Crippen molar-refractivity contribution >= 4 is 60.8 Å². The van der Waals surface area contributed by atoms with Crippen LogP contribution in [0.1, 0.15) is 5.56 Å². The number of anilines is 3. The highest BCUT2D eigenvalue weighted by Gasteiger charge is 2.30. The number of rotatable bonds is 6. The highest BCUT2D eigenvalue weighted by atomic mass is 19.4. The fraction of sp³-hybridized carbons (Fsp3) is 0.0213. The molecule has 10 aromatic rings. The fourth-order valence-corrected chi connectivity index (χ4v) is 7.10. The number of oxazole rings is 2. The monoisotopic (exact) mass is 723 g/mol. The number of halogens is 3. The fourth-order valence-electron chi connectivity index (χ4n) is 7.10. The number of hydrogen-bond donors (Lipinski definition) is 0. The Labute approximate surface area is 312 Å². The molecule has 264 valence electrons. The average molecular weight is 724 g/mol. The van der Waals surface area contributed by atoms with E-state index in [0.717, 1.165) is 83.7 Å². The lowest BCUT2D eigenvalue weighted by molar-refractivity contribution is -0.137. The van der Waals surface area contributed by atoms with Crippen molar-refractivity contribution in [3.63, 3.8) is 0 Å². The van der Waals surface area contributed by atoms with Gasteiger partial charge in [0.05, 0.1) is 5.56 Å². The van der Waals surface area contributed by atoms with Gasteiger partial charge in [0.15, 0.2) is 11.2 Å². The van der Waals surface area contributed by atoms with Crippen LogP contribution in [0.15, 0.2) is 179 Å². The van der Waals surface area contributed by atoms with E-state index in [-0.39, 0.29) is 0 Å². The van der Waals surface area contributed by atoms with Crippen molar-refractivity contribution in [3.8, 4) is 34.0 Å². The van der Waals surface area contributed by atoms with Crippen LogP contribution >= 0.6 is 0 Å². The summed E-state index contributed by atoms with van der Waals surface area (Å²) in [5.74, 6) is 1.11. The van der Waals surface area contributed by atoms with Gasteiger partial charge in [-0.3, -0.25) is 0 Å². The molecule has 0 atom stereocenters. The Hall–Kier alpha value is -7.19. The summed E-state index contributed by atoms with van der Waals surface area (Å²) in [6.45, 7) is 0. The number of fused-ring (bicyclic) bond motifs is 4. The number of para-hydroxylation sites is 4. The highest BCUT2D eigenvalue weighted by molar-refractivity contribution is 5.94. The Morgan fingerprint density at radius 2 is 0.818 bits per heavy atom. The zero-order chi connectivity index (χ0) is 37.1. The third-order valence-electron chi connectivity index (χ3n) is 9.92. The summed E-state index contributed by atoms with van der Waals surface area (Å²) in [4.78, 5) is 11.6. The van der Waals surface area contributed by atoms with Crippen molar-refractivity contribution < 1.29 is 22.0 Å². The van der Waals surface area contributed by atoms with Crippen molar-refractivity contribution in [1.29, 1.82) is 0 Å². The van der Waals surface area contributed by atoms with Gasteiger partial charge in [0.1, 0.15) is 11.0 Å². The summed E-state index contributed by atoms with van der Waals surface area (Å²) < 4.78 is 52.0. The molecule has 0 saturated heterocycles. The predicted octanol–water partition coefficient (Wildman–Crippen LogP) is 13.8. The molecule has 0 amide bonds. The summed E-state index contributed by atoms with van der Waals surface area (Å²) in [5, 5.41) is 3.37. The van der Waals surface area contributed by atoms with Gasteiger partial charge in [0, 0.05) is 28.2 Å². The normalized spacial score (nSPS) is 11.9. The second-order valence-electron chi connectivity index (χ2n) is 13.4. The molecule has 0 fully saturated rings. The average Bonchev–Trinajstić information content (AvgIpc) is 3.86. The summed E-state index contributed by atoms with van der Waals surface area (Å²) in [6.07, 6.45) is -4.38. The van der Waals surface area contributed by atoms with Crippen LogP contribution in [0.4, 0.5) is 30.2 Å². The van der Waals surface area contributed by atoms with Gasteiger partial charge in [-0.1, -0.05) is 60.7 Å². The second kappa shape index (κ2) is 12.7. The van der Waals surface area contributed by atoms with Crippen LogP contribution in [0, 0.1) is 0 Å². The van der Waals surface area contributed by atoms with Gasteiger partial charge in [-0.15, -0.1) is 0 Å². The van der Waals surface area contributed by atoms with E-state index in [4.69, 9.17) is 8.83 Å². The van der Waals surface area contributed by atoms with Crippen LogP contribution in [-0.4, -0.2) is 9.97 Å². The van der Waals surface area contributed by atoms with Gasteiger partial charge in [-0.05, 0) is 142 Å². The van der Waals surface area contributed by atoms with Gasteiger partial charge in [0.25, 0.3) is 0 Å². The van der Waals surface area contributed by atoms with Crippen molar-refractivity contribution in [2.24, 2.45) is 0 Å². The van der Waals surface area contributed by atoms with E-state index >= 15 is 0 Å². The highest BCUT2D eigenvalue weighted by Crippen LogP contribution is 2.39. The molecule has 2 aromatic heterocycles. The zero-order valence-corrected chi connectivity index (χ0v) is 29.0. The van der Waals surface area contributed by atoms with E-state index in [1.54, 1.807) is 6.07 Å². The smallest absolute Gasteiger partial charge is 0.416 e. The van der Waals surface area contributed by atoms with Crippen LogP contribution in [0.25, 0.3) is 77.8 Å². The van der Waals surface area contributed by atoms with E-state index in [1.807, 2.05) is 91.0 Å². The molecule has 0 radical (unpaired) electrons. The molecule has 0 spiro atoms. The minimum absolute atomic E-state index is 0.549. The van der Waals surface area contributed by atoms with E-state index in [0.29, 0.717) is 17.2 Å². The Bertz CT molecular complexity index is 2850. The van der Waals surface area contributed by atoms with E-state index in [2.05, 4.69) is 69.5 Å². The van der Waals surface area contributed by atoms with Crippen LogP contribution < -0.4 is 4.90 Å². The summed E-state index contributed by atoms with van der Waals surface area (Å²) in [5.41, 5.74) is 8.91. The number of alkyl halides is 3. The third kappa shape index (κ3) is 6.03. The SMILES string of the molecule is FC(F)(F)c1ccc2cc(-c3ccc4cc(N(c5ccc(-c6nc7ccccc7o6)cc5)c5ccc(-c6nc7ccccc7o6)cc5)ccc4c3)ccc2c1. The molecule has 0 unspecified atom stereocenters. The molecule has 0 N–H and O–H groups in total. The van der Waals surface area contributed by atoms with Crippen molar-refractivity contribution in [2.75, 3.05) is 4.90 Å². The molecule has 55 heavy (non-hydrogen) atoms. The first-order chi connectivity index (χ1) is 26.8. The molecule has 0 aliphatic rings. The summed E-state index contributed by atoms with van der Waals surface area (Å²) in [7, 11) is 0. The lowest BCUT2D eigenvalue weighted by Gasteiger charge is -2.26. The van der Waals surface area contributed by atoms with Crippen molar-refractivity contribution in [1.82, 2.24) is 9.97 Å². The van der Waals surface area contributed by atoms with E-state index in [9.17, 15) is 13.2 Å². The standard InChI is InChI=1S/C47H28F3N3O2/c48-47(49,50)37-19-13-33-25-31(9-11-35(33)27-37)32-10-12-36-28-40(24-18-34(36)26-32)53(38-20-14-29(15-21-38)45-51-41-5-1-3-7-43(41)54-45)39-22-16-30(17-23-39)46-52-42-6-2-4-8-44(42)55-46/h1-28H. The second-order valence-corrected chi connectivity index (χ2v) is 13.4. The number of aromatic nitrogens is 2.